The summed E-state index contributed by atoms with van der Waals surface area (Å²) >= 11 is 6.58. The highest BCUT2D eigenvalue weighted by Gasteiger charge is 2.40. The van der Waals surface area contributed by atoms with Crippen molar-refractivity contribution in [3.8, 4) is 23.0 Å². The molecule has 1 aromatic carbocycles. The molecule has 3 saturated heterocycles. The fourth-order valence-electron chi connectivity index (χ4n) is 5.24. The standard InChI is InChI=1S/C26H29ClN4O5/c27-19-14-20-24(30-25(28-20)36-22-15-34-21-9-13-33-12-8-18(21)22)29-23(19)16-4-6-17(7-5-16)35-26(32)31-10-2-1-3-11-31/h4-7,14,18,21-22H,1-3,8-13,15H2,(H,28,29,30). The second-order valence-corrected chi connectivity index (χ2v) is 9.96. The normalized spacial score (nSPS) is 24.4. The van der Waals surface area contributed by atoms with Crippen molar-refractivity contribution in [2.45, 2.75) is 44.3 Å². The van der Waals surface area contributed by atoms with Crippen LogP contribution in [0.25, 0.3) is 22.4 Å². The van der Waals surface area contributed by atoms with Gasteiger partial charge in [-0.15, -0.1) is 0 Å². The van der Waals surface area contributed by atoms with Gasteiger partial charge in [0, 0.05) is 37.8 Å². The van der Waals surface area contributed by atoms with Gasteiger partial charge >= 0.3 is 6.09 Å². The van der Waals surface area contributed by atoms with Crippen molar-refractivity contribution in [2.75, 3.05) is 32.9 Å². The van der Waals surface area contributed by atoms with Crippen molar-refractivity contribution in [1.82, 2.24) is 19.9 Å². The largest absolute Gasteiger partial charge is 0.459 e. The monoisotopic (exact) mass is 512 g/mol. The zero-order valence-electron chi connectivity index (χ0n) is 20.0. The first kappa shape index (κ1) is 23.5. The predicted molar refractivity (Wildman–Crippen MR) is 133 cm³/mol. The number of fused-ring (bicyclic) bond motifs is 2. The molecule has 36 heavy (non-hydrogen) atoms. The summed E-state index contributed by atoms with van der Waals surface area (Å²) < 4.78 is 23.3. The van der Waals surface area contributed by atoms with Gasteiger partial charge in [0.2, 0.25) is 0 Å². The molecule has 3 aliphatic rings. The number of ether oxygens (including phenoxy) is 4. The van der Waals surface area contributed by atoms with Crippen molar-refractivity contribution in [2.24, 2.45) is 5.92 Å². The number of nitrogens with zero attached hydrogens (tertiary/aromatic N) is 3. The molecule has 3 unspecified atom stereocenters. The molecule has 0 bridgehead atoms. The van der Waals surface area contributed by atoms with E-state index in [0.29, 0.717) is 40.2 Å². The van der Waals surface area contributed by atoms with Crippen LogP contribution in [0.15, 0.2) is 30.3 Å². The number of carbonyl (C=O) groups excluding carboxylic acids is 1. The average Bonchev–Trinajstić information content (AvgIpc) is 3.38. The predicted octanol–water partition coefficient (Wildman–Crippen LogP) is 4.84. The Bertz CT molecular complexity index is 1230. The van der Waals surface area contributed by atoms with Gasteiger partial charge in [0.25, 0.3) is 6.01 Å². The molecule has 0 aliphatic carbocycles. The molecule has 3 fully saturated rings. The Balaban J connectivity index is 1.16. The topological polar surface area (TPSA) is 98.8 Å². The number of imidazole rings is 1. The van der Waals surface area contributed by atoms with Crippen LogP contribution in [0.5, 0.6) is 11.8 Å². The second kappa shape index (κ2) is 10.2. The Labute approximate surface area is 214 Å². The van der Waals surface area contributed by atoms with E-state index in [9.17, 15) is 4.79 Å². The van der Waals surface area contributed by atoms with Crippen LogP contribution < -0.4 is 9.47 Å². The lowest BCUT2D eigenvalue weighted by molar-refractivity contribution is 0.0655. The minimum absolute atomic E-state index is 0.0765. The highest BCUT2D eigenvalue weighted by Crippen LogP contribution is 2.34. The number of halogens is 1. The summed E-state index contributed by atoms with van der Waals surface area (Å²) in [7, 11) is 0. The number of hydrogen-bond donors (Lipinski definition) is 1. The summed E-state index contributed by atoms with van der Waals surface area (Å²) in [6, 6.07) is 9.40. The van der Waals surface area contributed by atoms with Crippen LogP contribution in [-0.2, 0) is 9.47 Å². The van der Waals surface area contributed by atoms with Crippen molar-refractivity contribution in [3.63, 3.8) is 0 Å². The van der Waals surface area contributed by atoms with E-state index in [4.69, 9.17) is 30.5 Å². The zero-order valence-corrected chi connectivity index (χ0v) is 20.7. The number of hydrogen-bond acceptors (Lipinski definition) is 7. The Kier molecular flexibility index (Phi) is 6.69. The molecule has 3 aliphatic heterocycles. The molecule has 0 radical (unpaired) electrons. The summed E-state index contributed by atoms with van der Waals surface area (Å²) in [6.45, 7) is 3.48. The van der Waals surface area contributed by atoms with Crippen LogP contribution in [0.3, 0.4) is 0 Å². The van der Waals surface area contributed by atoms with Gasteiger partial charge in [0.1, 0.15) is 11.9 Å². The van der Waals surface area contributed by atoms with E-state index in [0.717, 1.165) is 64.0 Å². The van der Waals surface area contributed by atoms with E-state index in [1.54, 1.807) is 23.1 Å². The summed E-state index contributed by atoms with van der Waals surface area (Å²) in [5, 5.41) is 0.487. The Hall–Kier alpha value is -2.88. The molecule has 190 valence electrons. The lowest BCUT2D eigenvalue weighted by Crippen LogP contribution is -2.37. The Morgan fingerprint density at radius 3 is 2.72 bits per heavy atom. The van der Waals surface area contributed by atoms with E-state index in [1.165, 1.54) is 0 Å². The van der Waals surface area contributed by atoms with E-state index in [-0.39, 0.29) is 24.2 Å². The van der Waals surface area contributed by atoms with Gasteiger partial charge in [0.15, 0.2) is 5.65 Å². The Morgan fingerprint density at radius 2 is 1.89 bits per heavy atom. The maximum Gasteiger partial charge on any atom is 0.415 e. The third-order valence-corrected chi connectivity index (χ3v) is 7.48. The third-order valence-electron chi connectivity index (χ3n) is 7.19. The number of nitrogens with one attached hydrogen (secondary N) is 1. The molecule has 3 atom stereocenters. The number of likely N-dealkylation sites (tertiary alicyclic amines) is 1. The van der Waals surface area contributed by atoms with E-state index >= 15 is 0 Å². The first-order valence-corrected chi connectivity index (χ1v) is 13.0. The number of carbonyl (C=O) groups is 1. The molecule has 6 rings (SSSR count). The molecule has 0 saturated carbocycles. The molecule has 9 nitrogen and oxygen atoms in total. The molecule has 10 heteroatoms. The Morgan fingerprint density at radius 1 is 1.08 bits per heavy atom. The molecular weight excluding hydrogens is 484 g/mol. The van der Waals surface area contributed by atoms with Crippen LogP contribution in [0.2, 0.25) is 5.02 Å². The zero-order chi connectivity index (χ0) is 24.5. The van der Waals surface area contributed by atoms with Crippen LogP contribution in [0, 0.1) is 5.92 Å². The summed E-state index contributed by atoms with van der Waals surface area (Å²) in [6.07, 6.45) is 4.78. The van der Waals surface area contributed by atoms with Gasteiger partial charge in [-0.25, -0.2) is 9.78 Å². The first-order valence-electron chi connectivity index (χ1n) is 12.6. The van der Waals surface area contributed by atoms with Gasteiger partial charge in [-0.2, -0.15) is 4.98 Å². The molecule has 5 heterocycles. The van der Waals surface area contributed by atoms with Crippen LogP contribution in [0.4, 0.5) is 4.79 Å². The van der Waals surface area contributed by atoms with E-state index < -0.39 is 0 Å². The summed E-state index contributed by atoms with van der Waals surface area (Å²) in [4.78, 5) is 26.6. The molecule has 1 amide bonds. The SMILES string of the molecule is O=C(Oc1ccc(-c2nc3nc(OC4COC5CCOCCC54)[nH]c3cc2Cl)cc1)N1CCCCC1. The lowest BCUT2D eigenvalue weighted by Gasteiger charge is -2.25. The number of benzene rings is 1. The smallest absolute Gasteiger partial charge is 0.415 e. The van der Waals surface area contributed by atoms with Crippen molar-refractivity contribution >= 4 is 28.9 Å². The fraction of sp³-hybridized carbons (Fsp3) is 0.500. The quantitative estimate of drug-likeness (QED) is 0.534. The second-order valence-electron chi connectivity index (χ2n) is 9.55. The summed E-state index contributed by atoms with van der Waals surface area (Å²) in [5.41, 5.74) is 2.62. The van der Waals surface area contributed by atoms with E-state index in [2.05, 4.69) is 15.0 Å². The van der Waals surface area contributed by atoms with Gasteiger partial charge in [0.05, 0.1) is 28.9 Å². The third kappa shape index (κ3) is 4.87. The van der Waals surface area contributed by atoms with Crippen molar-refractivity contribution in [3.05, 3.63) is 35.4 Å². The van der Waals surface area contributed by atoms with Crippen molar-refractivity contribution in [1.29, 1.82) is 0 Å². The van der Waals surface area contributed by atoms with Gasteiger partial charge in [-0.3, -0.25) is 0 Å². The van der Waals surface area contributed by atoms with Gasteiger partial charge < -0.3 is 28.8 Å². The van der Waals surface area contributed by atoms with Crippen LogP contribution in [-0.4, -0.2) is 71.1 Å². The number of piperidine rings is 1. The highest BCUT2D eigenvalue weighted by molar-refractivity contribution is 6.33. The molecular formula is C26H29ClN4O5. The molecule has 1 N–H and O–H groups in total. The maximum atomic E-state index is 12.4. The van der Waals surface area contributed by atoms with Crippen LogP contribution >= 0.6 is 11.6 Å². The highest BCUT2D eigenvalue weighted by atomic mass is 35.5. The number of pyridine rings is 1. The molecule has 2 aromatic heterocycles. The molecule has 0 spiro atoms. The number of aromatic amines is 1. The number of amides is 1. The number of rotatable bonds is 4. The fourth-order valence-corrected chi connectivity index (χ4v) is 5.50. The van der Waals surface area contributed by atoms with Crippen LogP contribution in [0.1, 0.15) is 32.1 Å². The minimum atomic E-state index is -0.306. The lowest BCUT2D eigenvalue weighted by atomic mass is 9.94. The van der Waals surface area contributed by atoms with Gasteiger partial charge in [-0.05, 0) is 62.4 Å². The average molecular weight is 513 g/mol. The van der Waals surface area contributed by atoms with E-state index in [1.807, 2.05) is 12.1 Å². The van der Waals surface area contributed by atoms with Crippen molar-refractivity contribution < 1.29 is 23.7 Å². The molecule has 3 aromatic rings. The first-order chi connectivity index (χ1) is 17.6. The maximum absolute atomic E-state index is 12.4. The number of aromatic nitrogens is 3. The van der Waals surface area contributed by atoms with Gasteiger partial charge in [-0.1, -0.05) is 11.6 Å². The summed E-state index contributed by atoms with van der Waals surface area (Å²) in [5.74, 6) is 0.776. The number of H-pyrrole nitrogens is 1. The minimum Gasteiger partial charge on any atom is -0.459 e.